The Bertz CT molecular complexity index is 880. The molecule has 1 N–H and O–H groups in total. The van der Waals surface area contributed by atoms with Crippen LogP contribution in [-0.4, -0.2) is 58.4 Å². The van der Waals surface area contributed by atoms with Gasteiger partial charge in [0.2, 0.25) is 0 Å². The normalized spacial score (nSPS) is 22.8. The number of nitrogens with one attached hydrogen (secondary N) is 1. The summed E-state index contributed by atoms with van der Waals surface area (Å²) in [5.74, 6) is 2.46. The Kier molecular flexibility index (Phi) is 7.04. The van der Waals surface area contributed by atoms with E-state index in [-0.39, 0.29) is 12.1 Å². The first-order valence-corrected chi connectivity index (χ1v) is 11.8. The fraction of sp³-hybridized carbons (Fsp3) is 0.600. The van der Waals surface area contributed by atoms with E-state index in [1.54, 1.807) is 4.68 Å². The van der Waals surface area contributed by atoms with Gasteiger partial charge in [0.15, 0.2) is 0 Å². The second-order valence-corrected chi connectivity index (χ2v) is 9.98. The Morgan fingerprint density at radius 2 is 1.81 bits per heavy atom. The predicted molar refractivity (Wildman–Crippen MR) is 125 cm³/mol. The summed E-state index contributed by atoms with van der Waals surface area (Å²) in [6.07, 6.45) is 4.33. The highest BCUT2D eigenvalue weighted by Gasteiger charge is 2.42. The molecule has 4 rings (SSSR count). The fourth-order valence-electron chi connectivity index (χ4n) is 5.04. The van der Waals surface area contributed by atoms with E-state index in [0.29, 0.717) is 37.5 Å². The van der Waals surface area contributed by atoms with Crippen LogP contribution in [0.1, 0.15) is 37.9 Å². The Morgan fingerprint density at radius 1 is 1.12 bits per heavy atom. The number of carbonyl (C=O) groups is 1. The molecule has 2 fully saturated rings. The molecule has 1 aromatic carbocycles. The Balaban J connectivity index is 1.44. The zero-order valence-electron chi connectivity index (χ0n) is 19.8. The third-order valence-electron chi connectivity index (χ3n) is 6.60. The average Bonchev–Trinajstić information content (AvgIpc) is 3.26. The van der Waals surface area contributed by atoms with Crippen LogP contribution in [0.2, 0.25) is 0 Å². The number of ether oxygens (including phenoxy) is 1. The molecule has 2 unspecified atom stereocenters. The van der Waals surface area contributed by atoms with Crippen LogP contribution in [0, 0.1) is 17.8 Å². The van der Waals surface area contributed by atoms with Gasteiger partial charge in [0.1, 0.15) is 5.75 Å². The van der Waals surface area contributed by atoms with Crippen molar-refractivity contribution < 1.29 is 9.53 Å². The summed E-state index contributed by atoms with van der Waals surface area (Å²) in [5, 5.41) is 7.89. The number of rotatable bonds is 8. The number of benzene rings is 1. The number of hydrogen-bond donors (Lipinski definition) is 1. The summed E-state index contributed by atoms with van der Waals surface area (Å²) in [6, 6.07) is 10.3. The summed E-state index contributed by atoms with van der Waals surface area (Å²) in [5.41, 5.74) is 1.98. The molecule has 2 aromatic rings. The van der Waals surface area contributed by atoms with Crippen molar-refractivity contribution in [3.63, 3.8) is 0 Å². The quantitative estimate of drug-likeness (QED) is 0.684. The largest absolute Gasteiger partial charge is 0.493 e. The van der Waals surface area contributed by atoms with Crippen LogP contribution < -0.4 is 10.1 Å². The molecule has 1 aromatic heterocycles. The fourth-order valence-corrected chi connectivity index (χ4v) is 5.04. The van der Waals surface area contributed by atoms with E-state index in [9.17, 15) is 4.79 Å². The lowest BCUT2D eigenvalue weighted by atomic mass is 9.92. The van der Waals surface area contributed by atoms with E-state index in [1.807, 2.05) is 48.5 Å². The minimum atomic E-state index is 0.00207. The van der Waals surface area contributed by atoms with Gasteiger partial charge in [-0.05, 0) is 61.4 Å². The highest BCUT2D eigenvalue weighted by atomic mass is 16.5. The second-order valence-electron chi connectivity index (χ2n) is 9.98. The molecule has 174 valence electrons. The molecule has 1 aliphatic heterocycles. The molecular formula is C25H37N5O2. The van der Waals surface area contributed by atoms with Gasteiger partial charge in [-0.25, -0.2) is 4.79 Å². The lowest BCUT2D eigenvalue weighted by Gasteiger charge is -2.37. The Morgan fingerprint density at radius 3 is 2.41 bits per heavy atom. The predicted octanol–water partition coefficient (Wildman–Crippen LogP) is 3.51. The number of nitrogens with zero attached hydrogens (tertiary/aromatic N) is 4. The topological polar surface area (TPSA) is 62.6 Å². The van der Waals surface area contributed by atoms with Crippen LogP contribution in [0.3, 0.4) is 0 Å². The molecular weight excluding hydrogens is 402 g/mol. The zero-order chi connectivity index (χ0) is 22.7. The molecule has 7 heteroatoms. The summed E-state index contributed by atoms with van der Waals surface area (Å²) in [4.78, 5) is 17.7. The summed E-state index contributed by atoms with van der Waals surface area (Å²) >= 11 is 0. The van der Waals surface area contributed by atoms with Crippen LogP contribution in [0.5, 0.6) is 5.75 Å². The standard InChI is InChI=1S/C25H37N5O2/c1-18(2)17-32-23-9-5-19(6-10-23)13-30(16-22-11-12-29(4)27-22)25(31)26-24-20-7-8-21(24)15-28(3)14-20/h5-6,9-12,18,20-21,24H,7-8,13-17H2,1-4H3,(H,26,31). The maximum absolute atomic E-state index is 13.4. The number of amides is 2. The molecule has 0 radical (unpaired) electrons. The second kappa shape index (κ2) is 9.94. The van der Waals surface area contributed by atoms with Crippen molar-refractivity contribution in [1.29, 1.82) is 0 Å². The minimum Gasteiger partial charge on any atom is -0.493 e. The number of carbonyl (C=O) groups excluding carboxylic acids is 1. The SMILES string of the molecule is CC(C)COc1ccc(CN(Cc2ccn(C)n2)C(=O)NC2C3CCC2CN(C)C3)cc1. The lowest BCUT2D eigenvalue weighted by Crippen LogP contribution is -2.54. The lowest BCUT2D eigenvalue weighted by molar-refractivity contribution is 0.140. The van der Waals surface area contributed by atoms with Crippen LogP contribution >= 0.6 is 0 Å². The van der Waals surface area contributed by atoms with Crippen molar-refractivity contribution >= 4 is 6.03 Å². The van der Waals surface area contributed by atoms with Crippen LogP contribution in [-0.2, 0) is 20.1 Å². The third kappa shape index (κ3) is 5.63. The number of aryl methyl sites for hydroxylation is 1. The van der Waals surface area contributed by atoms with Crippen molar-refractivity contribution in [2.75, 3.05) is 26.7 Å². The van der Waals surface area contributed by atoms with Crippen molar-refractivity contribution in [1.82, 2.24) is 24.9 Å². The highest BCUT2D eigenvalue weighted by Crippen LogP contribution is 2.36. The maximum Gasteiger partial charge on any atom is 0.318 e. The molecule has 1 saturated heterocycles. The van der Waals surface area contributed by atoms with Crippen LogP contribution in [0.15, 0.2) is 36.5 Å². The Labute approximate surface area is 191 Å². The number of likely N-dealkylation sites (tertiary alicyclic amines) is 1. The highest BCUT2D eigenvalue weighted by molar-refractivity contribution is 5.74. The average molecular weight is 440 g/mol. The van der Waals surface area contributed by atoms with Gasteiger partial charge in [0.05, 0.1) is 18.8 Å². The summed E-state index contributed by atoms with van der Waals surface area (Å²) in [6.45, 7) is 8.14. The number of aromatic nitrogens is 2. The number of fused-ring (bicyclic) bond motifs is 2. The molecule has 2 atom stereocenters. The van der Waals surface area contributed by atoms with Gasteiger partial charge < -0.3 is 19.9 Å². The Hall–Kier alpha value is -2.54. The van der Waals surface area contributed by atoms with Gasteiger partial charge >= 0.3 is 6.03 Å². The number of urea groups is 1. The first-order chi connectivity index (χ1) is 15.4. The molecule has 0 spiro atoms. The van der Waals surface area contributed by atoms with Gasteiger partial charge in [-0.3, -0.25) is 4.68 Å². The molecule has 1 saturated carbocycles. The van der Waals surface area contributed by atoms with E-state index in [2.05, 4.69) is 36.2 Å². The van der Waals surface area contributed by atoms with Gasteiger partial charge in [0.25, 0.3) is 0 Å². The first-order valence-electron chi connectivity index (χ1n) is 11.8. The van der Waals surface area contributed by atoms with Crippen LogP contribution in [0.25, 0.3) is 0 Å². The van der Waals surface area contributed by atoms with Crippen molar-refractivity contribution in [3.8, 4) is 5.75 Å². The van der Waals surface area contributed by atoms with Gasteiger partial charge in [-0.15, -0.1) is 0 Å². The maximum atomic E-state index is 13.4. The molecule has 32 heavy (non-hydrogen) atoms. The minimum absolute atomic E-state index is 0.00207. The van der Waals surface area contributed by atoms with E-state index in [1.165, 1.54) is 12.8 Å². The van der Waals surface area contributed by atoms with Crippen molar-refractivity contribution in [3.05, 3.63) is 47.8 Å². The zero-order valence-corrected chi connectivity index (χ0v) is 19.8. The first kappa shape index (κ1) is 22.6. The van der Waals surface area contributed by atoms with E-state index in [0.717, 1.165) is 30.1 Å². The smallest absolute Gasteiger partial charge is 0.318 e. The molecule has 2 amide bonds. The number of hydrogen-bond acceptors (Lipinski definition) is 4. The van der Waals surface area contributed by atoms with E-state index in [4.69, 9.17) is 4.74 Å². The summed E-state index contributed by atoms with van der Waals surface area (Å²) < 4.78 is 7.58. The molecule has 2 aliphatic rings. The summed E-state index contributed by atoms with van der Waals surface area (Å²) in [7, 11) is 4.09. The van der Waals surface area contributed by atoms with Crippen LogP contribution in [0.4, 0.5) is 4.79 Å². The third-order valence-corrected chi connectivity index (χ3v) is 6.60. The van der Waals surface area contributed by atoms with Gasteiger partial charge in [0, 0.05) is 38.9 Å². The van der Waals surface area contributed by atoms with E-state index < -0.39 is 0 Å². The van der Waals surface area contributed by atoms with Crippen molar-refractivity contribution in [2.45, 2.75) is 45.8 Å². The molecule has 1 aliphatic carbocycles. The molecule has 7 nitrogen and oxygen atoms in total. The van der Waals surface area contributed by atoms with Crippen molar-refractivity contribution in [2.24, 2.45) is 24.8 Å². The van der Waals surface area contributed by atoms with Gasteiger partial charge in [-0.1, -0.05) is 26.0 Å². The van der Waals surface area contributed by atoms with E-state index >= 15 is 0 Å². The monoisotopic (exact) mass is 439 g/mol. The molecule has 2 bridgehead atoms. The van der Waals surface area contributed by atoms with Gasteiger partial charge in [-0.2, -0.15) is 5.10 Å². The number of piperidine rings is 1. The molecule has 2 heterocycles.